The normalized spacial score (nSPS) is 26.3. The van der Waals surface area contributed by atoms with Crippen LogP contribution in [0.1, 0.15) is 50.9 Å². The summed E-state index contributed by atoms with van der Waals surface area (Å²) >= 11 is 0. The summed E-state index contributed by atoms with van der Waals surface area (Å²) in [6.45, 7) is 6.73. The molecule has 1 N–H and O–H groups in total. The zero-order valence-electron chi connectivity index (χ0n) is 27.0. The van der Waals surface area contributed by atoms with Crippen molar-refractivity contribution in [3.63, 3.8) is 0 Å². The second-order valence-electron chi connectivity index (χ2n) is 13.2. The highest BCUT2D eigenvalue weighted by molar-refractivity contribution is 6.06. The Labute approximate surface area is 280 Å². The fourth-order valence-corrected chi connectivity index (χ4v) is 7.18. The van der Waals surface area contributed by atoms with E-state index in [1.54, 1.807) is 30.5 Å². The molecular formula is C35H35F2N5O7. The number of aliphatic carboxylic acids is 1. The first-order chi connectivity index (χ1) is 23.6. The van der Waals surface area contributed by atoms with Gasteiger partial charge in [0, 0.05) is 36.7 Å². The number of halogens is 2. The fourth-order valence-electron chi connectivity index (χ4n) is 7.18. The van der Waals surface area contributed by atoms with Gasteiger partial charge < -0.3 is 38.3 Å². The Morgan fingerprint density at radius 3 is 2.73 bits per heavy atom. The van der Waals surface area contributed by atoms with E-state index in [-0.39, 0.29) is 35.9 Å². The third-order valence-corrected chi connectivity index (χ3v) is 9.99. The van der Waals surface area contributed by atoms with Gasteiger partial charge in [-0.3, -0.25) is 0 Å². The van der Waals surface area contributed by atoms with E-state index in [1.807, 2.05) is 13.0 Å². The predicted molar refractivity (Wildman–Crippen MR) is 173 cm³/mol. The van der Waals surface area contributed by atoms with Crippen molar-refractivity contribution in [2.45, 2.75) is 68.9 Å². The maximum atomic E-state index is 14.1. The SMILES string of the molecule is C[C@@H]1N(c2cc(C#CC3(C)CCCO3)cnc2O[C@H]2C[C@@H](C(=O)O)N(c3nc(C(F)F)nc4c3oc3ccccc34)C2)CCOC12COC2. The van der Waals surface area contributed by atoms with Crippen molar-refractivity contribution < 1.29 is 42.0 Å². The molecule has 7 heterocycles. The van der Waals surface area contributed by atoms with E-state index >= 15 is 0 Å². The van der Waals surface area contributed by atoms with Gasteiger partial charge in [-0.25, -0.2) is 28.5 Å². The van der Waals surface area contributed by atoms with Crippen LogP contribution in [0.3, 0.4) is 0 Å². The quantitative estimate of drug-likeness (QED) is 0.283. The average molecular weight is 676 g/mol. The van der Waals surface area contributed by atoms with E-state index in [1.165, 1.54) is 4.90 Å². The number of aromatic nitrogens is 3. The molecule has 1 unspecified atom stereocenters. The predicted octanol–water partition coefficient (Wildman–Crippen LogP) is 4.73. The zero-order chi connectivity index (χ0) is 33.9. The first-order valence-corrected chi connectivity index (χ1v) is 16.4. The lowest BCUT2D eigenvalue weighted by Gasteiger charge is -2.53. The summed E-state index contributed by atoms with van der Waals surface area (Å²) in [4.78, 5) is 29.2. The number of anilines is 2. The number of ether oxygens (including phenoxy) is 4. The van der Waals surface area contributed by atoms with Gasteiger partial charge in [-0.1, -0.05) is 24.0 Å². The van der Waals surface area contributed by atoms with Gasteiger partial charge in [-0.15, -0.1) is 0 Å². The second kappa shape index (κ2) is 12.1. The molecule has 1 spiro atoms. The Balaban J connectivity index is 1.15. The molecule has 0 aliphatic carbocycles. The van der Waals surface area contributed by atoms with Gasteiger partial charge in [0.05, 0.1) is 32.4 Å². The van der Waals surface area contributed by atoms with E-state index in [0.717, 1.165) is 12.8 Å². The average Bonchev–Trinajstić information content (AvgIpc) is 3.80. The number of furan rings is 1. The van der Waals surface area contributed by atoms with Gasteiger partial charge in [0.1, 0.15) is 40.1 Å². The number of carboxylic acid groups (broad SMARTS) is 1. The molecule has 256 valence electrons. The summed E-state index contributed by atoms with van der Waals surface area (Å²) in [6.07, 6.45) is -0.190. The third-order valence-electron chi connectivity index (χ3n) is 9.99. The van der Waals surface area contributed by atoms with Gasteiger partial charge in [0.15, 0.2) is 17.2 Å². The first kappa shape index (κ1) is 31.7. The van der Waals surface area contributed by atoms with Crippen LogP contribution in [0.15, 0.2) is 40.9 Å². The number of carboxylic acids is 1. The van der Waals surface area contributed by atoms with Crippen LogP contribution in [0.4, 0.5) is 20.3 Å². The number of hydrogen-bond donors (Lipinski definition) is 1. The Bertz CT molecular complexity index is 1980. The zero-order valence-corrected chi connectivity index (χ0v) is 27.0. The maximum absolute atomic E-state index is 14.1. The Kier molecular flexibility index (Phi) is 7.81. The van der Waals surface area contributed by atoms with E-state index in [0.29, 0.717) is 61.1 Å². The van der Waals surface area contributed by atoms with Crippen LogP contribution < -0.4 is 14.5 Å². The van der Waals surface area contributed by atoms with Crippen LogP contribution in [0, 0.1) is 11.8 Å². The van der Waals surface area contributed by atoms with Crippen LogP contribution in [-0.4, -0.2) is 94.9 Å². The standard InChI is InChI=1S/C35H35F2N5O7/c1-20-35(18-45-19-35)47-13-11-41(20)24-14-21(8-10-34(2)9-5-12-46-34)16-38-32(24)48-22-15-25(33(43)44)42(17-22)31-28-27(39-30(40-31)29(36)37)23-6-3-4-7-26(23)49-28/h3-4,6-7,14,16,20,22,25,29H,5,9,11-13,15,17-19H2,1-2H3,(H,43,44)/t20-,22-,25-,34?/m0/s1. The molecule has 0 bridgehead atoms. The first-order valence-electron chi connectivity index (χ1n) is 16.4. The number of nitrogens with zero attached hydrogens (tertiary/aromatic N) is 5. The molecule has 12 nitrogen and oxygen atoms in total. The minimum Gasteiger partial charge on any atom is -0.480 e. The van der Waals surface area contributed by atoms with Gasteiger partial charge in [-0.05, 0) is 44.9 Å². The number of pyridine rings is 1. The van der Waals surface area contributed by atoms with E-state index in [2.05, 4.69) is 33.6 Å². The minimum absolute atomic E-state index is 0.0230. The van der Waals surface area contributed by atoms with Crippen molar-refractivity contribution in [3.05, 3.63) is 47.9 Å². The number of hydrogen-bond acceptors (Lipinski definition) is 11. The lowest BCUT2D eigenvalue weighted by molar-refractivity contribution is -0.228. The molecule has 4 fully saturated rings. The molecule has 0 saturated carbocycles. The maximum Gasteiger partial charge on any atom is 0.326 e. The molecule has 4 aliphatic heterocycles. The summed E-state index contributed by atoms with van der Waals surface area (Å²) in [7, 11) is 0. The van der Waals surface area contributed by atoms with Crippen LogP contribution in [-0.2, 0) is 19.0 Å². The molecule has 4 aromatic rings. The number of rotatable bonds is 6. The number of para-hydroxylation sites is 1. The topological polar surface area (TPSA) is 133 Å². The van der Waals surface area contributed by atoms with Gasteiger partial charge >= 0.3 is 5.97 Å². The summed E-state index contributed by atoms with van der Waals surface area (Å²) < 4.78 is 58.2. The molecule has 8 rings (SSSR count). The lowest BCUT2D eigenvalue weighted by Crippen LogP contribution is -2.68. The number of morpholine rings is 1. The highest BCUT2D eigenvalue weighted by atomic mass is 19.3. The number of carbonyl (C=O) groups is 1. The Hall–Kier alpha value is -4.58. The molecule has 4 aliphatic rings. The van der Waals surface area contributed by atoms with Gasteiger partial charge in [0.2, 0.25) is 5.88 Å². The highest BCUT2D eigenvalue weighted by Crippen LogP contribution is 2.41. The van der Waals surface area contributed by atoms with Crippen molar-refractivity contribution in [1.29, 1.82) is 0 Å². The fraction of sp³-hybridized carbons (Fsp3) is 0.486. The van der Waals surface area contributed by atoms with Crippen molar-refractivity contribution in [2.75, 3.05) is 49.3 Å². The molecule has 4 saturated heterocycles. The van der Waals surface area contributed by atoms with Crippen LogP contribution in [0.2, 0.25) is 0 Å². The van der Waals surface area contributed by atoms with Crippen molar-refractivity contribution in [3.8, 4) is 17.7 Å². The smallest absolute Gasteiger partial charge is 0.326 e. The number of benzene rings is 1. The van der Waals surface area contributed by atoms with E-state index in [9.17, 15) is 18.7 Å². The molecule has 0 amide bonds. The highest BCUT2D eigenvalue weighted by Gasteiger charge is 2.50. The minimum atomic E-state index is -2.98. The van der Waals surface area contributed by atoms with Crippen LogP contribution >= 0.6 is 0 Å². The molecule has 4 atom stereocenters. The lowest BCUT2D eigenvalue weighted by atomic mass is 9.90. The van der Waals surface area contributed by atoms with Crippen LogP contribution in [0.25, 0.3) is 22.1 Å². The van der Waals surface area contributed by atoms with E-state index < -0.39 is 41.6 Å². The van der Waals surface area contributed by atoms with E-state index in [4.69, 9.17) is 28.3 Å². The van der Waals surface area contributed by atoms with Crippen molar-refractivity contribution in [2.24, 2.45) is 0 Å². The summed E-state index contributed by atoms with van der Waals surface area (Å²) in [6, 6.07) is 7.63. The molecular weight excluding hydrogens is 640 g/mol. The largest absolute Gasteiger partial charge is 0.480 e. The molecule has 1 aromatic carbocycles. The summed E-state index contributed by atoms with van der Waals surface area (Å²) in [5.41, 5.74) is 1.14. The second-order valence-corrected chi connectivity index (χ2v) is 13.2. The molecule has 49 heavy (non-hydrogen) atoms. The van der Waals surface area contributed by atoms with Gasteiger partial charge in [-0.2, -0.15) is 0 Å². The number of alkyl halides is 2. The van der Waals surface area contributed by atoms with Crippen molar-refractivity contribution in [1.82, 2.24) is 15.0 Å². The monoisotopic (exact) mass is 675 g/mol. The number of fused-ring (bicyclic) bond motifs is 3. The van der Waals surface area contributed by atoms with Crippen molar-refractivity contribution >= 4 is 39.5 Å². The Morgan fingerprint density at radius 1 is 1.16 bits per heavy atom. The van der Waals surface area contributed by atoms with Gasteiger partial charge in [0.25, 0.3) is 6.43 Å². The molecule has 3 aromatic heterocycles. The Morgan fingerprint density at radius 2 is 2.00 bits per heavy atom. The molecule has 0 radical (unpaired) electrons. The molecule has 14 heteroatoms. The van der Waals surface area contributed by atoms with Crippen LogP contribution in [0.5, 0.6) is 5.88 Å². The summed E-state index contributed by atoms with van der Waals surface area (Å²) in [5.74, 6) is 4.92. The summed E-state index contributed by atoms with van der Waals surface area (Å²) in [5, 5.41) is 10.8. The third kappa shape index (κ3) is 5.59.